The molecule has 1 aromatic carbocycles. The largest absolute Gasteiger partial charge is 0.417 e. The second-order valence-electron chi connectivity index (χ2n) is 3.74. The molecule has 0 fully saturated rings. The van der Waals surface area contributed by atoms with Gasteiger partial charge in [-0.25, -0.2) is 0 Å². The molecule has 0 atom stereocenters. The standard InChI is InChI=1S/C11H10BrF3N2O2/c1-5(18)16-9-3-7(11(13,14)15)8(12)4-10(9)17-6(2)19/h3-4H,1-2H3,(H,16,18)(H,17,19). The Morgan fingerprint density at radius 3 is 1.84 bits per heavy atom. The summed E-state index contributed by atoms with van der Waals surface area (Å²) in [5.41, 5.74) is -0.967. The number of amides is 2. The van der Waals surface area contributed by atoms with E-state index in [9.17, 15) is 22.8 Å². The van der Waals surface area contributed by atoms with Crippen LogP contribution in [0.15, 0.2) is 16.6 Å². The van der Waals surface area contributed by atoms with E-state index in [1.165, 1.54) is 6.92 Å². The molecule has 8 heteroatoms. The zero-order valence-corrected chi connectivity index (χ0v) is 11.6. The third-order valence-corrected chi connectivity index (χ3v) is 2.69. The number of carbonyl (C=O) groups is 2. The fourth-order valence-electron chi connectivity index (χ4n) is 1.38. The topological polar surface area (TPSA) is 58.2 Å². The van der Waals surface area contributed by atoms with Crippen molar-refractivity contribution in [3.05, 3.63) is 22.2 Å². The van der Waals surface area contributed by atoms with Gasteiger partial charge in [0.05, 0.1) is 16.9 Å². The number of halogens is 4. The third kappa shape index (κ3) is 4.23. The number of hydrogen-bond acceptors (Lipinski definition) is 2. The third-order valence-electron chi connectivity index (χ3n) is 2.03. The molecule has 0 aromatic heterocycles. The minimum atomic E-state index is -4.57. The van der Waals surface area contributed by atoms with Crippen LogP contribution in [0, 0.1) is 0 Å². The van der Waals surface area contributed by atoms with E-state index in [4.69, 9.17) is 0 Å². The Morgan fingerprint density at radius 2 is 1.47 bits per heavy atom. The molecule has 0 aliphatic rings. The smallest absolute Gasteiger partial charge is 0.325 e. The van der Waals surface area contributed by atoms with Gasteiger partial charge in [-0.1, -0.05) is 15.9 Å². The van der Waals surface area contributed by atoms with Gasteiger partial charge in [-0.05, 0) is 12.1 Å². The van der Waals surface area contributed by atoms with Gasteiger partial charge >= 0.3 is 6.18 Å². The van der Waals surface area contributed by atoms with Gasteiger partial charge in [-0.3, -0.25) is 9.59 Å². The van der Waals surface area contributed by atoms with Crippen LogP contribution in [0.5, 0.6) is 0 Å². The van der Waals surface area contributed by atoms with Crippen LogP contribution in [-0.2, 0) is 15.8 Å². The first kappa shape index (κ1) is 15.5. The van der Waals surface area contributed by atoms with E-state index in [0.717, 1.165) is 19.1 Å². The molecule has 0 bridgehead atoms. The molecule has 0 aliphatic carbocycles. The maximum atomic E-state index is 12.7. The SMILES string of the molecule is CC(=O)Nc1cc(Br)c(C(F)(F)F)cc1NC(C)=O. The summed E-state index contributed by atoms with van der Waals surface area (Å²) in [4.78, 5) is 22.0. The molecule has 1 aromatic rings. The lowest BCUT2D eigenvalue weighted by molar-refractivity contribution is -0.138. The van der Waals surface area contributed by atoms with Crippen molar-refractivity contribution in [2.24, 2.45) is 0 Å². The summed E-state index contributed by atoms with van der Waals surface area (Å²) in [7, 11) is 0. The Bertz CT molecular complexity index is 529. The molecule has 0 radical (unpaired) electrons. The Morgan fingerprint density at radius 1 is 1.05 bits per heavy atom. The van der Waals surface area contributed by atoms with Crippen molar-refractivity contribution in [3.8, 4) is 0 Å². The second-order valence-corrected chi connectivity index (χ2v) is 4.59. The summed E-state index contributed by atoms with van der Waals surface area (Å²) in [5, 5.41) is 4.59. The summed E-state index contributed by atoms with van der Waals surface area (Å²) in [6.07, 6.45) is -4.57. The number of nitrogens with one attached hydrogen (secondary N) is 2. The first-order chi connectivity index (χ1) is 8.61. The van der Waals surface area contributed by atoms with Gasteiger partial charge in [0.25, 0.3) is 0 Å². The van der Waals surface area contributed by atoms with E-state index in [1.54, 1.807) is 0 Å². The van der Waals surface area contributed by atoms with Crippen molar-refractivity contribution in [1.82, 2.24) is 0 Å². The highest BCUT2D eigenvalue weighted by Crippen LogP contribution is 2.39. The molecule has 0 saturated carbocycles. The number of anilines is 2. The van der Waals surface area contributed by atoms with Crippen LogP contribution >= 0.6 is 15.9 Å². The first-order valence-electron chi connectivity index (χ1n) is 5.07. The molecule has 4 nitrogen and oxygen atoms in total. The summed E-state index contributed by atoms with van der Waals surface area (Å²) in [6, 6.07) is 1.85. The highest BCUT2D eigenvalue weighted by molar-refractivity contribution is 9.10. The second kappa shape index (κ2) is 5.60. The van der Waals surface area contributed by atoms with Gasteiger partial charge in [0, 0.05) is 18.3 Å². The molecule has 19 heavy (non-hydrogen) atoms. The van der Waals surface area contributed by atoms with E-state index >= 15 is 0 Å². The van der Waals surface area contributed by atoms with Gasteiger partial charge in [0.15, 0.2) is 0 Å². The average molecular weight is 339 g/mol. The van der Waals surface area contributed by atoms with Gasteiger partial charge in [-0.2, -0.15) is 13.2 Å². The van der Waals surface area contributed by atoms with Gasteiger partial charge < -0.3 is 10.6 Å². The quantitative estimate of drug-likeness (QED) is 0.868. The molecule has 1 rings (SSSR count). The fourth-order valence-corrected chi connectivity index (χ4v) is 1.94. The Labute approximate surface area is 115 Å². The number of hydrogen-bond donors (Lipinski definition) is 2. The van der Waals surface area contributed by atoms with Crippen LogP contribution in [-0.4, -0.2) is 11.8 Å². The molecule has 0 saturated heterocycles. The van der Waals surface area contributed by atoms with Crippen LogP contribution in [0.2, 0.25) is 0 Å². The van der Waals surface area contributed by atoms with E-state index in [2.05, 4.69) is 26.6 Å². The number of rotatable bonds is 2. The molecule has 0 aliphatic heterocycles. The van der Waals surface area contributed by atoms with Crippen molar-refractivity contribution < 1.29 is 22.8 Å². The lowest BCUT2D eigenvalue weighted by atomic mass is 10.1. The van der Waals surface area contributed by atoms with Crippen LogP contribution in [0.4, 0.5) is 24.5 Å². The van der Waals surface area contributed by atoms with Crippen LogP contribution in [0.25, 0.3) is 0 Å². The molecule has 2 N–H and O–H groups in total. The summed E-state index contributed by atoms with van der Waals surface area (Å²) < 4.78 is 38.0. The van der Waals surface area contributed by atoms with Crippen LogP contribution in [0.3, 0.4) is 0 Å². The molecule has 104 valence electrons. The molecular weight excluding hydrogens is 329 g/mol. The normalized spacial score (nSPS) is 11.1. The lowest BCUT2D eigenvalue weighted by Gasteiger charge is -2.16. The van der Waals surface area contributed by atoms with Gasteiger partial charge in [0.2, 0.25) is 11.8 Å². The van der Waals surface area contributed by atoms with Crippen molar-refractivity contribution in [2.45, 2.75) is 20.0 Å². The predicted octanol–water partition coefficient (Wildman–Crippen LogP) is 3.38. The Hall–Kier alpha value is -1.57. The van der Waals surface area contributed by atoms with Crippen molar-refractivity contribution in [2.75, 3.05) is 10.6 Å². The summed E-state index contributed by atoms with van der Waals surface area (Å²) in [6.45, 7) is 2.37. The lowest BCUT2D eigenvalue weighted by Crippen LogP contribution is -2.14. The number of carbonyl (C=O) groups excluding carboxylic acids is 2. The van der Waals surface area contributed by atoms with Crippen LogP contribution in [0.1, 0.15) is 19.4 Å². The van der Waals surface area contributed by atoms with E-state index in [0.29, 0.717) is 0 Å². The molecule has 0 unspecified atom stereocenters. The minimum Gasteiger partial charge on any atom is -0.325 e. The Balaban J connectivity index is 3.36. The molecule has 2 amide bonds. The van der Waals surface area contributed by atoms with Gasteiger partial charge in [-0.15, -0.1) is 0 Å². The van der Waals surface area contributed by atoms with E-state index in [-0.39, 0.29) is 15.8 Å². The number of benzene rings is 1. The van der Waals surface area contributed by atoms with Crippen LogP contribution < -0.4 is 10.6 Å². The zero-order chi connectivity index (χ0) is 14.8. The highest BCUT2D eigenvalue weighted by Gasteiger charge is 2.34. The van der Waals surface area contributed by atoms with Crippen molar-refractivity contribution in [1.29, 1.82) is 0 Å². The monoisotopic (exact) mass is 338 g/mol. The van der Waals surface area contributed by atoms with Crippen molar-refractivity contribution >= 4 is 39.1 Å². The molecular formula is C11H10BrF3N2O2. The molecule has 0 spiro atoms. The Kier molecular flexibility index (Phi) is 4.56. The summed E-state index contributed by atoms with van der Waals surface area (Å²) in [5.74, 6) is -1.000. The van der Waals surface area contributed by atoms with E-state index < -0.39 is 23.6 Å². The maximum Gasteiger partial charge on any atom is 0.417 e. The van der Waals surface area contributed by atoms with E-state index in [1.807, 2.05) is 0 Å². The predicted molar refractivity (Wildman–Crippen MR) is 67.8 cm³/mol. The molecule has 0 heterocycles. The van der Waals surface area contributed by atoms with Gasteiger partial charge in [0.1, 0.15) is 0 Å². The van der Waals surface area contributed by atoms with Crippen molar-refractivity contribution in [3.63, 3.8) is 0 Å². The average Bonchev–Trinajstić information content (AvgIpc) is 2.18. The summed E-state index contributed by atoms with van der Waals surface area (Å²) >= 11 is 2.79. The maximum absolute atomic E-state index is 12.7. The first-order valence-corrected chi connectivity index (χ1v) is 5.86. The number of alkyl halides is 3. The fraction of sp³-hybridized carbons (Fsp3) is 0.273. The highest BCUT2D eigenvalue weighted by atomic mass is 79.9. The minimum absolute atomic E-state index is 0.0857. The zero-order valence-electron chi connectivity index (χ0n) is 9.98.